The van der Waals surface area contributed by atoms with Gasteiger partial charge in [-0.25, -0.2) is 0 Å². The molecule has 2 aromatic rings. The summed E-state index contributed by atoms with van der Waals surface area (Å²) in [7, 11) is 3.52. The minimum absolute atomic E-state index is 0.164. The van der Waals surface area contributed by atoms with Crippen LogP contribution in [0.5, 0.6) is 5.75 Å². The summed E-state index contributed by atoms with van der Waals surface area (Å²) in [5.41, 5.74) is 2.58. The molecule has 5 nitrogen and oxygen atoms in total. The van der Waals surface area contributed by atoms with Crippen LogP contribution in [-0.2, 0) is 4.74 Å². The van der Waals surface area contributed by atoms with Crippen LogP contribution < -0.4 is 15.4 Å². The van der Waals surface area contributed by atoms with E-state index in [1.807, 2.05) is 25.2 Å². The highest BCUT2D eigenvalue weighted by Crippen LogP contribution is 2.33. The fraction of sp³-hybridized carbons (Fsp3) is 0.458. The fourth-order valence-electron chi connectivity index (χ4n) is 3.81. The number of aliphatic imine (C=N–C) groups is 1. The summed E-state index contributed by atoms with van der Waals surface area (Å²) in [5.74, 6) is 2.67. The van der Waals surface area contributed by atoms with Gasteiger partial charge in [0.2, 0.25) is 0 Å². The Morgan fingerprint density at radius 1 is 1.14 bits per heavy atom. The van der Waals surface area contributed by atoms with E-state index < -0.39 is 0 Å². The molecule has 29 heavy (non-hydrogen) atoms. The van der Waals surface area contributed by atoms with Gasteiger partial charge >= 0.3 is 0 Å². The van der Waals surface area contributed by atoms with Crippen LogP contribution in [0.3, 0.4) is 0 Å². The van der Waals surface area contributed by atoms with Gasteiger partial charge in [-0.05, 0) is 42.0 Å². The molecule has 1 aliphatic heterocycles. The third kappa shape index (κ3) is 5.97. The van der Waals surface area contributed by atoms with Crippen LogP contribution in [0, 0.1) is 5.92 Å². The number of ether oxygens (including phenoxy) is 2. The molecule has 0 spiro atoms. The third-order valence-corrected chi connectivity index (χ3v) is 5.65. The van der Waals surface area contributed by atoms with Crippen molar-refractivity contribution in [2.75, 3.05) is 33.9 Å². The van der Waals surface area contributed by atoms with Crippen LogP contribution in [0.2, 0.25) is 0 Å². The van der Waals surface area contributed by atoms with Crippen LogP contribution in [-0.4, -0.2) is 39.8 Å². The standard InChI is InChI=1S/C24H33N3O2/c1-18(19-9-11-22(28-3)12-10-19)13-15-26-24(25-2)27-17-21-14-16-29-23(21)20-7-5-4-6-8-20/h4-12,18,21,23H,13-17H2,1-3H3,(H2,25,26,27). The summed E-state index contributed by atoms with van der Waals surface area (Å²) in [6, 6.07) is 18.8. The van der Waals surface area contributed by atoms with E-state index in [-0.39, 0.29) is 6.10 Å². The molecule has 2 aromatic carbocycles. The highest BCUT2D eigenvalue weighted by molar-refractivity contribution is 5.79. The predicted octanol–water partition coefficient (Wildman–Crippen LogP) is 4.13. The lowest BCUT2D eigenvalue weighted by molar-refractivity contribution is 0.0915. The Morgan fingerprint density at radius 3 is 2.59 bits per heavy atom. The first-order chi connectivity index (χ1) is 14.2. The Morgan fingerprint density at radius 2 is 1.90 bits per heavy atom. The van der Waals surface area contributed by atoms with E-state index in [4.69, 9.17) is 9.47 Å². The first-order valence-electron chi connectivity index (χ1n) is 10.5. The SMILES string of the molecule is CN=C(NCCC(C)c1ccc(OC)cc1)NCC1CCOC1c1ccccc1. The summed E-state index contributed by atoms with van der Waals surface area (Å²) >= 11 is 0. The van der Waals surface area contributed by atoms with Gasteiger partial charge in [0.1, 0.15) is 5.75 Å². The Hall–Kier alpha value is -2.53. The molecule has 0 saturated carbocycles. The summed E-state index contributed by atoms with van der Waals surface area (Å²) in [5, 5.41) is 6.93. The van der Waals surface area contributed by atoms with E-state index in [9.17, 15) is 0 Å². The second-order valence-electron chi connectivity index (χ2n) is 7.59. The Bertz CT molecular complexity index is 761. The number of methoxy groups -OCH3 is 1. The molecular formula is C24H33N3O2. The van der Waals surface area contributed by atoms with Crippen molar-refractivity contribution in [3.8, 4) is 5.75 Å². The monoisotopic (exact) mass is 395 g/mol. The fourth-order valence-corrected chi connectivity index (χ4v) is 3.81. The van der Waals surface area contributed by atoms with Gasteiger partial charge in [-0.2, -0.15) is 0 Å². The maximum absolute atomic E-state index is 5.99. The molecule has 1 heterocycles. The largest absolute Gasteiger partial charge is 0.497 e. The molecule has 5 heteroatoms. The molecule has 3 rings (SSSR count). The molecule has 0 aliphatic carbocycles. The van der Waals surface area contributed by atoms with Crippen molar-refractivity contribution in [2.24, 2.45) is 10.9 Å². The first-order valence-corrected chi connectivity index (χ1v) is 10.5. The highest BCUT2D eigenvalue weighted by atomic mass is 16.5. The Balaban J connectivity index is 1.43. The molecular weight excluding hydrogens is 362 g/mol. The number of benzene rings is 2. The van der Waals surface area contributed by atoms with Gasteiger partial charge in [0.25, 0.3) is 0 Å². The lowest BCUT2D eigenvalue weighted by Crippen LogP contribution is -2.40. The van der Waals surface area contributed by atoms with Crippen LogP contribution in [0.15, 0.2) is 59.6 Å². The molecule has 3 unspecified atom stereocenters. The van der Waals surface area contributed by atoms with E-state index >= 15 is 0 Å². The summed E-state index contributed by atoms with van der Waals surface area (Å²) in [4.78, 5) is 4.38. The van der Waals surface area contributed by atoms with Gasteiger partial charge in [-0.1, -0.05) is 49.4 Å². The van der Waals surface area contributed by atoms with Gasteiger partial charge in [0.15, 0.2) is 5.96 Å². The maximum atomic E-state index is 5.99. The molecule has 0 amide bonds. The van der Waals surface area contributed by atoms with E-state index in [1.165, 1.54) is 11.1 Å². The van der Waals surface area contributed by atoms with Gasteiger partial charge in [0, 0.05) is 32.7 Å². The van der Waals surface area contributed by atoms with Crippen LogP contribution in [0.4, 0.5) is 0 Å². The van der Waals surface area contributed by atoms with Crippen molar-refractivity contribution in [3.05, 3.63) is 65.7 Å². The van der Waals surface area contributed by atoms with Gasteiger partial charge < -0.3 is 20.1 Å². The summed E-state index contributed by atoms with van der Waals surface area (Å²) in [6.07, 6.45) is 2.27. The topological polar surface area (TPSA) is 54.9 Å². The zero-order valence-corrected chi connectivity index (χ0v) is 17.7. The van der Waals surface area contributed by atoms with E-state index in [2.05, 4.69) is 58.9 Å². The second-order valence-corrected chi connectivity index (χ2v) is 7.59. The third-order valence-electron chi connectivity index (χ3n) is 5.65. The number of nitrogens with one attached hydrogen (secondary N) is 2. The zero-order valence-electron chi connectivity index (χ0n) is 17.7. The van der Waals surface area contributed by atoms with Crippen molar-refractivity contribution in [2.45, 2.75) is 31.8 Å². The number of hydrogen-bond acceptors (Lipinski definition) is 3. The van der Waals surface area contributed by atoms with Crippen LogP contribution in [0.1, 0.15) is 42.9 Å². The molecule has 0 bridgehead atoms. The average molecular weight is 396 g/mol. The number of rotatable bonds is 8. The smallest absolute Gasteiger partial charge is 0.190 e. The normalized spacial score (nSPS) is 20.3. The molecule has 1 fully saturated rings. The van der Waals surface area contributed by atoms with Crippen molar-refractivity contribution < 1.29 is 9.47 Å². The van der Waals surface area contributed by atoms with Gasteiger partial charge in [-0.3, -0.25) is 4.99 Å². The van der Waals surface area contributed by atoms with Crippen LogP contribution in [0.25, 0.3) is 0 Å². The average Bonchev–Trinajstić information content (AvgIpc) is 3.25. The van der Waals surface area contributed by atoms with E-state index in [0.717, 1.165) is 44.2 Å². The predicted molar refractivity (Wildman–Crippen MR) is 119 cm³/mol. The molecule has 0 aromatic heterocycles. The summed E-state index contributed by atoms with van der Waals surface area (Å²) < 4.78 is 11.2. The molecule has 156 valence electrons. The lowest BCUT2D eigenvalue weighted by atomic mass is 9.95. The molecule has 1 aliphatic rings. The minimum Gasteiger partial charge on any atom is -0.497 e. The van der Waals surface area contributed by atoms with Gasteiger partial charge in [-0.15, -0.1) is 0 Å². The second kappa shape index (κ2) is 10.9. The van der Waals surface area contributed by atoms with E-state index in [0.29, 0.717) is 11.8 Å². The van der Waals surface area contributed by atoms with E-state index in [1.54, 1.807) is 7.11 Å². The number of hydrogen-bond donors (Lipinski definition) is 2. The Kier molecular flexibility index (Phi) is 7.94. The van der Waals surface area contributed by atoms with Gasteiger partial charge in [0.05, 0.1) is 13.2 Å². The van der Waals surface area contributed by atoms with Crippen molar-refractivity contribution in [3.63, 3.8) is 0 Å². The quantitative estimate of drug-likeness (QED) is 0.521. The molecule has 0 radical (unpaired) electrons. The number of nitrogens with zero attached hydrogens (tertiary/aromatic N) is 1. The number of guanidine groups is 1. The molecule has 2 N–H and O–H groups in total. The maximum Gasteiger partial charge on any atom is 0.190 e. The molecule has 3 atom stereocenters. The molecule has 1 saturated heterocycles. The Labute approximate surface area is 174 Å². The van der Waals surface area contributed by atoms with Crippen molar-refractivity contribution >= 4 is 5.96 Å². The summed E-state index contributed by atoms with van der Waals surface area (Å²) in [6.45, 7) is 4.79. The zero-order chi connectivity index (χ0) is 20.5. The van der Waals surface area contributed by atoms with Crippen LogP contribution >= 0.6 is 0 Å². The highest BCUT2D eigenvalue weighted by Gasteiger charge is 2.29. The van der Waals surface area contributed by atoms with Crippen molar-refractivity contribution in [1.29, 1.82) is 0 Å². The lowest BCUT2D eigenvalue weighted by Gasteiger charge is -2.21. The minimum atomic E-state index is 0.164. The van der Waals surface area contributed by atoms with Crippen molar-refractivity contribution in [1.82, 2.24) is 10.6 Å². The first kappa shape index (κ1) is 21.2.